The molecular formula is C26H22F6N6O3S. The lowest BCUT2D eigenvalue weighted by atomic mass is 9.94. The monoisotopic (exact) mass is 612 g/mol. The Kier molecular flexibility index (Phi) is 7.37. The van der Waals surface area contributed by atoms with Gasteiger partial charge in [-0.3, -0.25) is 14.6 Å². The van der Waals surface area contributed by atoms with Crippen molar-refractivity contribution in [3.8, 4) is 11.4 Å². The first-order valence-corrected chi connectivity index (χ1v) is 13.2. The number of hydrogen-bond acceptors (Lipinski definition) is 7. The fraction of sp³-hybridized carbons (Fsp3) is 0.308. The van der Waals surface area contributed by atoms with Crippen molar-refractivity contribution in [3.05, 3.63) is 71.3 Å². The lowest BCUT2D eigenvalue weighted by molar-refractivity contribution is -0.141. The Morgan fingerprint density at radius 3 is 2.48 bits per heavy atom. The number of nitrogens with two attached hydrogens (primary N) is 1. The largest absolute Gasteiger partial charge is 0.506 e. The van der Waals surface area contributed by atoms with Crippen LogP contribution in [0.25, 0.3) is 5.69 Å². The zero-order valence-corrected chi connectivity index (χ0v) is 22.4. The van der Waals surface area contributed by atoms with Crippen molar-refractivity contribution >= 4 is 29.3 Å². The van der Waals surface area contributed by atoms with Crippen LogP contribution < -0.4 is 5.73 Å². The van der Waals surface area contributed by atoms with Gasteiger partial charge in [0.1, 0.15) is 17.1 Å². The van der Waals surface area contributed by atoms with E-state index in [0.29, 0.717) is 23.0 Å². The molecule has 0 saturated carbocycles. The van der Waals surface area contributed by atoms with Crippen molar-refractivity contribution in [3.63, 3.8) is 0 Å². The molecule has 0 spiro atoms. The summed E-state index contributed by atoms with van der Waals surface area (Å²) in [7, 11) is 0. The topological polar surface area (TPSA) is 118 Å². The zero-order chi connectivity index (χ0) is 30.6. The molecule has 0 bridgehead atoms. The van der Waals surface area contributed by atoms with Crippen molar-refractivity contribution in [1.29, 1.82) is 0 Å². The summed E-state index contributed by atoms with van der Waals surface area (Å²) in [6, 6.07) is 3.26. The van der Waals surface area contributed by atoms with Crippen LogP contribution in [0.2, 0.25) is 0 Å². The lowest BCUT2D eigenvalue weighted by Gasteiger charge is -2.38. The second-order valence-corrected chi connectivity index (χ2v) is 10.7. The number of carbonyl (C=O) groups is 2. The summed E-state index contributed by atoms with van der Waals surface area (Å²) in [5.74, 6) is -1.55. The molecule has 3 aromatic rings. The first kappa shape index (κ1) is 29.3. The minimum Gasteiger partial charge on any atom is -0.506 e. The van der Waals surface area contributed by atoms with E-state index in [1.165, 1.54) is 26.6 Å². The van der Waals surface area contributed by atoms with Crippen LogP contribution in [0.4, 0.5) is 32.0 Å². The van der Waals surface area contributed by atoms with Gasteiger partial charge in [0.2, 0.25) is 5.91 Å². The van der Waals surface area contributed by atoms with Crippen LogP contribution in [0.15, 0.2) is 48.0 Å². The highest BCUT2D eigenvalue weighted by Crippen LogP contribution is 2.42. The molecule has 0 unspecified atom stereocenters. The summed E-state index contributed by atoms with van der Waals surface area (Å²) in [5.41, 5.74) is 1.12. The highest BCUT2D eigenvalue weighted by Gasteiger charge is 2.41. The predicted molar refractivity (Wildman–Crippen MR) is 139 cm³/mol. The summed E-state index contributed by atoms with van der Waals surface area (Å²) < 4.78 is 79.2. The Bertz CT molecular complexity index is 1590. The molecule has 2 aliphatic rings. The highest BCUT2D eigenvalue weighted by molar-refractivity contribution is 8.00. The number of anilines is 1. The van der Waals surface area contributed by atoms with E-state index in [1.807, 2.05) is 0 Å². The van der Waals surface area contributed by atoms with Gasteiger partial charge in [0.25, 0.3) is 5.91 Å². The molecule has 1 aromatic carbocycles. The quantitative estimate of drug-likeness (QED) is 0.253. The van der Waals surface area contributed by atoms with Crippen LogP contribution in [0, 0.1) is 0 Å². The van der Waals surface area contributed by atoms with Crippen molar-refractivity contribution < 1.29 is 41.0 Å². The van der Waals surface area contributed by atoms with E-state index < -0.39 is 46.7 Å². The Balaban J connectivity index is 1.56. The van der Waals surface area contributed by atoms with Crippen molar-refractivity contribution in [1.82, 2.24) is 24.6 Å². The van der Waals surface area contributed by atoms with E-state index in [1.54, 1.807) is 0 Å². The number of phenols is 1. The number of rotatable bonds is 4. The van der Waals surface area contributed by atoms with Gasteiger partial charge in [-0.25, -0.2) is 4.68 Å². The first-order chi connectivity index (χ1) is 19.7. The Labute approximate surface area is 238 Å². The molecule has 2 aliphatic heterocycles. The Hall–Kier alpha value is -4.21. The van der Waals surface area contributed by atoms with Crippen LogP contribution in [0.5, 0.6) is 5.75 Å². The number of amides is 2. The molecule has 5 rings (SSSR count). The van der Waals surface area contributed by atoms with Gasteiger partial charge in [-0.2, -0.15) is 31.4 Å². The van der Waals surface area contributed by atoms with E-state index in [9.17, 15) is 41.0 Å². The van der Waals surface area contributed by atoms with Crippen LogP contribution in [-0.4, -0.2) is 66.6 Å². The van der Waals surface area contributed by atoms with E-state index in [-0.39, 0.29) is 60.4 Å². The van der Waals surface area contributed by atoms with Crippen LogP contribution >= 0.6 is 11.8 Å². The minimum atomic E-state index is -4.76. The summed E-state index contributed by atoms with van der Waals surface area (Å²) in [4.78, 5) is 32.3. The number of aromatic hydroxyl groups is 1. The third-order valence-electron chi connectivity index (χ3n) is 7.02. The number of carbonyl (C=O) groups excluding carboxylic acids is 2. The smallest absolute Gasteiger partial charge is 0.446 e. The predicted octanol–water partition coefficient (Wildman–Crippen LogP) is 4.50. The number of nitrogen functional groups attached to an aromatic ring is 1. The van der Waals surface area contributed by atoms with Gasteiger partial charge < -0.3 is 20.6 Å². The van der Waals surface area contributed by atoms with E-state index in [0.717, 1.165) is 18.3 Å². The van der Waals surface area contributed by atoms with Gasteiger partial charge in [-0.1, -0.05) is 6.58 Å². The number of aromatic nitrogens is 3. The summed E-state index contributed by atoms with van der Waals surface area (Å²) in [6.45, 7) is 3.74. The van der Waals surface area contributed by atoms with Crippen molar-refractivity contribution in [2.24, 2.45) is 0 Å². The maximum atomic E-state index is 13.7. The molecule has 0 saturated heterocycles. The summed E-state index contributed by atoms with van der Waals surface area (Å²) >= 11 is -0.377. The molecule has 1 atom stereocenters. The normalized spacial score (nSPS) is 17.0. The maximum Gasteiger partial charge on any atom is 0.446 e. The molecule has 2 amide bonds. The molecule has 3 N–H and O–H groups in total. The van der Waals surface area contributed by atoms with Gasteiger partial charge in [0, 0.05) is 54.8 Å². The summed E-state index contributed by atoms with van der Waals surface area (Å²) in [5, 5.41) is 15.3. The molecule has 16 heteroatoms. The molecule has 222 valence electrons. The first-order valence-electron chi connectivity index (χ1n) is 12.4. The molecule has 0 radical (unpaired) electrons. The SMILES string of the molecule is C=CC(=O)N1CCc2nn(-c3ccc(SC(F)(F)F)cc3O)c3c2[C@H](C1)N(C(=O)c1cnc(C(F)(F)F)cc1N)CC3. The number of halogens is 6. The van der Waals surface area contributed by atoms with E-state index in [4.69, 9.17) is 5.73 Å². The second kappa shape index (κ2) is 10.6. The molecule has 0 aliphatic carbocycles. The number of thioether (sulfide) groups is 1. The van der Waals surface area contributed by atoms with E-state index >= 15 is 0 Å². The maximum absolute atomic E-state index is 13.7. The standard InChI is InChI=1S/C26H22F6N6O3S/c1-2-22(40)36-7-5-16-23-18(38(35-16)17-4-3-13(9-20(17)39)42-26(30,31)32)6-8-37(19(23)12-36)24(41)14-11-34-21(10-15(14)33)25(27,28)29/h2-4,9-11,19,39H,1,5-8,12H2,(H2,33,34)/t19-/m0/s1. The van der Waals surface area contributed by atoms with Crippen molar-refractivity contribution in [2.45, 2.75) is 35.5 Å². The molecule has 4 heterocycles. The lowest BCUT2D eigenvalue weighted by Crippen LogP contribution is -2.46. The summed E-state index contributed by atoms with van der Waals surface area (Å²) in [6.07, 6.45) is -2.45. The number of hydrogen-bond donors (Lipinski definition) is 2. The van der Waals surface area contributed by atoms with Gasteiger partial charge >= 0.3 is 11.7 Å². The number of alkyl halides is 6. The minimum absolute atomic E-state index is 0.00337. The van der Waals surface area contributed by atoms with Gasteiger partial charge in [0.05, 0.1) is 23.0 Å². The second-order valence-electron chi connectivity index (χ2n) is 9.57. The number of phenolic OH excluding ortho intramolecular Hbond substituents is 1. The van der Waals surface area contributed by atoms with Gasteiger partial charge in [0.15, 0.2) is 0 Å². The Morgan fingerprint density at radius 1 is 1.12 bits per heavy atom. The third kappa shape index (κ3) is 5.49. The third-order valence-corrected chi connectivity index (χ3v) is 7.74. The fourth-order valence-corrected chi connectivity index (χ4v) is 5.78. The average Bonchev–Trinajstić information content (AvgIpc) is 3.15. The molecule has 2 aromatic heterocycles. The molecule has 42 heavy (non-hydrogen) atoms. The highest BCUT2D eigenvalue weighted by atomic mass is 32.2. The Morgan fingerprint density at radius 2 is 1.86 bits per heavy atom. The van der Waals surface area contributed by atoms with Crippen LogP contribution in [-0.2, 0) is 23.8 Å². The van der Waals surface area contributed by atoms with Crippen LogP contribution in [0.1, 0.15) is 39.0 Å². The molecule has 0 fully saturated rings. The number of benzene rings is 1. The van der Waals surface area contributed by atoms with Gasteiger partial charge in [-0.05, 0) is 42.1 Å². The van der Waals surface area contributed by atoms with E-state index in [2.05, 4.69) is 16.7 Å². The molecular weight excluding hydrogens is 590 g/mol. The average molecular weight is 613 g/mol. The van der Waals surface area contributed by atoms with Gasteiger partial charge in [-0.15, -0.1) is 0 Å². The zero-order valence-electron chi connectivity index (χ0n) is 21.5. The molecule has 9 nitrogen and oxygen atoms in total. The van der Waals surface area contributed by atoms with Crippen LogP contribution in [0.3, 0.4) is 0 Å². The fourth-order valence-electron chi connectivity index (χ4n) is 5.20. The number of pyridine rings is 1. The number of nitrogens with zero attached hydrogens (tertiary/aromatic N) is 5. The van der Waals surface area contributed by atoms with Crippen molar-refractivity contribution in [2.75, 3.05) is 25.4 Å².